The van der Waals surface area contributed by atoms with Gasteiger partial charge < -0.3 is 0 Å². The highest BCUT2D eigenvalue weighted by Crippen LogP contribution is 2.50. The van der Waals surface area contributed by atoms with Crippen molar-refractivity contribution in [1.82, 2.24) is 0 Å². The molecule has 5 aromatic carbocycles. The van der Waals surface area contributed by atoms with Crippen molar-refractivity contribution in [2.24, 2.45) is 0 Å². The Bertz CT molecular complexity index is 1950. The van der Waals surface area contributed by atoms with Crippen LogP contribution in [0.1, 0.15) is 0 Å². The molecule has 0 aliphatic heterocycles. The molecule has 7 aromatic rings. The number of hydrogen-bond donors (Lipinski definition) is 0. The molecule has 0 atom stereocenters. The highest BCUT2D eigenvalue weighted by atomic mass is 32.2. The lowest BCUT2D eigenvalue weighted by molar-refractivity contribution is 0.596. The van der Waals surface area contributed by atoms with E-state index < -0.39 is 9.84 Å². The van der Waals surface area contributed by atoms with Gasteiger partial charge in [0.1, 0.15) is 0 Å². The Labute approximate surface area is 235 Å². The largest absolute Gasteiger partial charge is 0.219 e. The van der Waals surface area contributed by atoms with Gasteiger partial charge in [-0.05, 0) is 58.5 Å². The molecule has 0 aliphatic carbocycles. The van der Waals surface area contributed by atoms with Crippen molar-refractivity contribution < 1.29 is 8.42 Å². The first-order valence-corrected chi connectivity index (χ1v) is 15.8. The van der Waals surface area contributed by atoms with Gasteiger partial charge in [-0.1, -0.05) is 91.0 Å². The summed E-state index contributed by atoms with van der Waals surface area (Å²) in [7, 11) is -3.56. The third kappa shape index (κ3) is 4.10. The minimum Gasteiger partial charge on any atom is -0.219 e. The molecule has 7 rings (SSSR count). The highest BCUT2D eigenvalue weighted by molar-refractivity contribution is 7.91. The van der Waals surface area contributed by atoms with Crippen LogP contribution in [0.4, 0.5) is 0 Å². The number of sulfone groups is 1. The Morgan fingerprint density at radius 3 is 1.64 bits per heavy atom. The van der Waals surface area contributed by atoms with Crippen LogP contribution < -0.4 is 0 Å². The number of benzene rings is 5. The van der Waals surface area contributed by atoms with Gasteiger partial charge in [0.25, 0.3) is 0 Å². The molecule has 2 aromatic heterocycles. The van der Waals surface area contributed by atoms with Crippen molar-refractivity contribution in [1.29, 1.82) is 0 Å². The molecule has 0 aliphatic rings. The van der Waals surface area contributed by atoms with E-state index in [0.29, 0.717) is 9.79 Å². The minimum absolute atomic E-state index is 0.300. The van der Waals surface area contributed by atoms with Crippen LogP contribution in [-0.4, -0.2) is 8.42 Å². The van der Waals surface area contributed by atoms with Crippen LogP contribution >= 0.6 is 22.7 Å². The van der Waals surface area contributed by atoms with Gasteiger partial charge in [-0.3, -0.25) is 0 Å². The van der Waals surface area contributed by atoms with E-state index in [1.54, 1.807) is 59.1 Å². The van der Waals surface area contributed by atoms with Crippen molar-refractivity contribution in [2.45, 2.75) is 9.79 Å². The average Bonchev–Trinajstić information content (AvgIpc) is 3.65. The third-order valence-electron chi connectivity index (χ3n) is 7.02. The van der Waals surface area contributed by atoms with Crippen LogP contribution in [0, 0.1) is 0 Å². The topological polar surface area (TPSA) is 34.1 Å². The van der Waals surface area contributed by atoms with Crippen molar-refractivity contribution in [3.63, 3.8) is 0 Å². The van der Waals surface area contributed by atoms with Crippen molar-refractivity contribution in [3.8, 4) is 32.7 Å². The molecule has 0 spiro atoms. The summed E-state index contributed by atoms with van der Waals surface area (Å²) in [4.78, 5) is 1.72. The molecule has 0 N–H and O–H groups in total. The van der Waals surface area contributed by atoms with Crippen LogP contribution in [0.15, 0.2) is 143 Å². The molecule has 0 amide bonds. The van der Waals surface area contributed by atoms with Crippen LogP contribution in [0.2, 0.25) is 0 Å². The molecule has 39 heavy (non-hydrogen) atoms. The standard InChI is InChI=1S/C34H22O2S3/c35-39(36,26-14-8-3-9-15-26)27-18-16-23(17-19-27)30-22-29-32(25-12-6-2-7-13-25)33-28(20-21-37-33)31(34(29)38-30)24-10-4-1-5-11-24/h1-22H. The number of rotatable bonds is 5. The fourth-order valence-electron chi connectivity index (χ4n) is 5.17. The van der Waals surface area contributed by atoms with E-state index in [0.717, 1.165) is 10.4 Å². The zero-order chi connectivity index (χ0) is 26.4. The van der Waals surface area contributed by atoms with Crippen molar-refractivity contribution in [2.75, 3.05) is 0 Å². The van der Waals surface area contributed by atoms with Gasteiger partial charge >= 0.3 is 0 Å². The van der Waals surface area contributed by atoms with Gasteiger partial charge in [-0.15, -0.1) is 22.7 Å². The number of hydrogen-bond acceptors (Lipinski definition) is 4. The second kappa shape index (κ2) is 9.62. The summed E-state index contributed by atoms with van der Waals surface area (Å²) in [5.74, 6) is 0. The molecule has 0 saturated carbocycles. The predicted octanol–water partition coefficient (Wildman–Crippen LogP) is 9.95. The third-order valence-corrected chi connectivity index (χ3v) is 10.9. The minimum atomic E-state index is -3.56. The molecule has 0 fully saturated rings. The van der Waals surface area contributed by atoms with Crippen molar-refractivity contribution >= 4 is 52.7 Å². The quantitative estimate of drug-likeness (QED) is 0.211. The van der Waals surface area contributed by atoms with Gasteiger partial charge in [0, 0.05) is 36.2 Å². The summed E-state index contributed by atoms with van der Waals surface area (Å²) in [5.41, 5.74) is 5.90. The van der Waals surface area contributed by atoms with Crippen molar-refractivity contribution in [3.05, 3.63) is 133 Å². The van der Waals surface area contributed by atoms with Crippen LogP contribution in [0.25, 0.3) is 52.9 Å². The highest BCUT2D eigenvalue weighted by Gasteiger charge is 2.21. The van der Waals surface area contributed by atoms with E-state index in [9.17, 15) is 8.42 Å². The van der Waals surface area contributed by atoms with E-state index >= 15 is 0 Å². The van der Waals surface area contributed by atoms with Crippen LogP contribution in [0.3, 0.4) is 0 Å². The monoisotopic (exact) mass is 558 g/mol. The lowest BCUT2D eigenvalue weighted by Gasteiger charge is -2.12. The first kappa shape index (κ1) is 24.0. The van der Waals surface area contributed by atoms with Gasteiger partial charge in [0.2, 0.25) is 9.84 Å². The normalized spacial score (nSPS) is 11.8. The van der Waals surface area contributed by atoms with Gasteiger partial charge in [0.05, 0.1) is 9.79 Å². The molecular weight excluding hydrogens is 537 g/mol. The molecule has 2 nitrogen and oxygen atoms in total. The average molecular weight is 559 g/mol. The van der Waals surface area contributed by atoms with Crippen LogP contribution in [-0.2, 0) is 9.84 Å². The summed E-state index contributed by atoms with van der Waals surface area (Å²) in [5, 5.41) is 4.66. The predicted molar refractivity (Wildman–Crippen MR) is 165 cm³/mol. The summed E-state index contributed by atoms with van der Waals surface area (Å²) < 4.78 is 28.8. The Balaban J connectivity index is 1.44. The van der Waals surface area contributed by atoms with Gasteiger partial charge in [-0.25, -0.2) is 8.42 Å². The zero-order valence-electron chi connectivity index (χ0n) is 20.7. The van der Waals surface area contributed by atoms with E-state index in [4.69, 9.17) is 0 Å². The molecule has 188 valence electrons. The Morgan fingerprint density at radius 2 is 1.03 bits per heavy atom. The number of thiophene rings is 2. The molecule has 5 heteroatoms. The maximum atomic E-state index is 13.1. The molecule has 0 radical (unpaired) electrons. The summed E-state index contributed by atoms with van der Waals surface area (Å²) in [6.07, 6.45) is 0. The summed E-state index contributed by atoms with van der Waals surface area (Å²) in [6, 6.07) is 41.5. The maximum Gasteiger partial charge on any atom is 0.206 e. The van der Waals surface area contributed by atoms with E-state index in [1.165, 1.54) is 42.4 Å². The molecule has 0 bridgehead atoms. The van der Waals surface area contributed by atoms with Crippen LogP contribution in [0.5, 0.6) is 0 Å². The second-order valence-electron chi connectivity index (χ2n) is 9.34. The molecule has 0 unspecified atom stereocenters. The summed E-state index contributed by atoms with van der Waals surface area (Å²) >= 11 is 3.54. The Morgan fingerprint density at radius 1 is 0.487 bits per heavy atom. The summed E-state index contributed by atoms with van der Waals surface area (Å²) in [6.45, 7) is 0. The molecular formula is C34H22O2S3. The molecule has 0 saturated heterocycles. The maximum absolute atomic E-state index is 13.1. The van der Waals surface area contributed by atoms with E-state index in [2.05, 4.69) is 78.2 Å². The lowest BCUT2D eigenvalue weighted by Crippen LogP contribution is -2.01. The Kier molecular flexibility index (Phi) is 5.93. The number of fused-ring (bicyclic) bond motifs is 2. The lowest BCUT2D eigenvalue weighted by atomic mass is 9.93. The van der Waals surface area contributed by atoms with Gasteiger partial charge in [0.15, 0.2) is 0 Å². The Hall–Kier alpha value is -4.03. The zero-order valence-corrected chi connectivity index (χ0v) is 23.2. The molecule has 2 heterocycles. The van der Waals surface area contributed by atoms with E-state index in [1.807, 2.05) is 18.2 Å². The first-order valence-electron chi connectivity index (χ1n) is 12.6. The second-order valence-corrected chi connectivity index (χ2v) is 13.3. The fraction of sp³-hybridized carbons (Fsp3) is 0. The first-order chi connectivity index (χ1) is 19.1. The fourth-order valence-corrected chi connectivity index (χ4v) is 8.68. The van der Waals surface area contributed by atoms with E-state index in [-0.39, 0.29) is 0 Å². The van der Waals surface area contributed by atoms with Gasteiger partial charge in [-0.2, -0.15) is 0 Å². The SMILES string of the molecule is O=S(=O)(c1ccccc1)c1ccc(-c2cc3c(-c4ccccc4)c4sccc4c(-c4ccccc4)c3s2)cc1. The smallest absolute Gasteiger partial charge is 0.206 e.